The van der Waals surface area contributed by atoms with Crippen molar-refractivity contribution in [1.29, 1.82) is 0 Å². The lowest BCUT2D eigenvalue weighted by Crippen LogP contribution is -2.22. The topological polar surface area (TPSA) is 72.6 Å². The summed E-state index contributed by atoms with van der Waals surface area (Å²) in [5.41, 5.74) is 1.36. The Kier molecular flexibility index (Phi) is 3.96. The molecule has 8 heteroatoms. The van der Waals surface area contributed by atoms with E-state index in [4.69, 9.17) is 4.84 Å². The molecule has 1 aliphatic heterocycles. The molecule has 0 saturated heterocycles. The number of hydrogen-bond acceptors (Lipinski definition) is 6. The summed E-state index contributed by atoms with van der Waals surface area (Å²) in [4.78, 5) is 28.9. The van der Waals surface area contributed by atoms with Crippen LogP contribution in [-0.2, 0) is 4.84 Å². The number of pyridine rings is 1. The fourth-order valence-electron chi connectivity index (χ4n) is 2.84. The van der Waals surface area contributed by atoms with Crippen molar-refractivity contribution < 1.29 is 9.23 Å². The van der Waals surface area contributed by atoms with E-state index in [-0.39, 0.29) is 5.56 Å². The van der Waals surface area contributed by atoms with Gasteiger partial charge in [-0.2, -0.15) is 0 Å². The minimum atomic E-state index is -0.423. The maximum atomic E-state index is 13.8. The van der Waals surface area contributed by atoms with Crippen LogP contribution in [0.4, 0.5) is 4.39 Å². The Labute approximate surface area is 148 Å². The van der Waals surface area contributed by atoms with Gasteiger partial charge in [0.25, 0.3) is 5.56 Å². The molecule has 3 heterocycles. The Morgan fingerprint density at radius 3 is 2.96 bits per heavy atom. The smallest absolute Gasteiger partial charge is 0.267 e. The first-order chi connectivity index (χ1) is 12.6. The summed E-state index contributed by atoms with van der Waals surface area (Å²) in [5, 5.41) is 4.53. The summed E-state index contributed by atoms with van der Waals surface area (Å²) >= 11 is 0. The molecule has 3 aromatic rings. The van der Waals surface area contributed by atoms with Gasteiger partial charge in [0.05, 0.1) is 11.1 Å². The average molecular weight is 353 g/mol. The second-order valence-electron chi connectivity index (χ2n) is 6.19. The molecule has 0 amide bonds. The molecule has 0 unspecified atom stereocenters. The van der Waals surface area contributed by atoms with Crippen LogP contribution >= 0.6 is 0 Å². The molecule has 0 spiro atoms. The minimum absolute atomic E-state index is 0.274. The van der Waals surface area contributed by atoms with E-state index in [1.807, 2.05) is 19.0 Å². The van der Waals surface area contributed by atoms with Gasteiger partial charge in [0, 0.05) is 18.3 Å². The van der Waals surface area contributed by atoms with Crippen molar-refractivity contribution in [2.24, 2.45) is 5.16 Å². The lowest BCUT2D eigenvalue weighted by molar-refractivity contribution is 0.126. The van der Waals surface area contributed by atoms with Crippen LogP contribution in [0.3, 0.4) is 0 Å². The predicted molar refractivity (Wildman–Crippen MR) is 95.2 cm³/mol. The number of likely N-dealkylation sites (N-methyl/N-ethyl adjacent to an activating group) is 1. The maximum absolute atomic E-state index is 13.8. The molecule has 0 radical (unpaired) electrons. The fraction of sp³-hybridized carbons (Fsp3) is 0.222. The van der Waals surface area contributed by atoms with Gasteiger partial charge in [-0.1, -0.05) is 5.16 Å². The first-order valence-electron chi connectivity index (χ1n) is 8.09. The van der Waals surface area contributed by atoms with E-state index in [0.29, 0.717) is 47.0 Å². The summed E-state index contributed by atoms with van der Waals surface area (Å²) in [7, 11) is 3.84. The molecule has 0 fully saturated rings. The van der Waals surface area contributed by atoms with Gasteiger partial charge in [-0.25, -0.2) is 14.4 Å². The molecule has 0 atom stereocenters. The van der Waals surface area contributed by atoms with Gasteiger partial charge in [0.2, 0.25) is 0 Å². The van der Waals surface area contributed by atoms with Crippen molar-refractivity contribution in [2.75, 3.05) is 27.2 Å². The third-order valence-electron chi connectivity index (χ3n) is 4.10. The summed E-state index contributed by atoms with van der Waals surface area (Å²) < 4.78 is 15.2. The van der Waals surface area contributed by atoms with Crippen LogP contribution in [0.1, 0.15) is 11.4 Å². The molecule has 26 heavy (non-hydrogen) atoms. The van der Waals surface area contributed by atoms with Gasteiger partial charge in [-0.15, -0.1) is 0 Å². The van der Waals surface area contributed by atoms with Crippen molar-refractivity contribution >= 4 is 16.7 Å². The van der Waals surface area contributed by atoms with Crippen LogP contribution in [0.2, 0.25) is 0 Å². The van der Waals surface area contributed by atoms with Crippen molar-refractivity contribution in [2.45, 2.75) is 0 Å². The van der Waals surface area contributed by atoms with E-state index in [2.05, 4.69) is 15.1 Å². The summed E-state index contributed by atoms with van der Waals surface area (Å²) in [5.74, 6) is -0.125. The molecule has 1 aliphatic rings. The highest BCUT2D eigenvalue weighted by Gasteiger charge is 2.30. The largest absolute Gasteiger partial charge is 0.394 e. The van der Waals surface area contributed by atoms with Gasteiger partial charge in [0.15, 0.2) is 17.2 Å². The molecule has 1 aromatic carbocycles. The molecular formula is C18H16FN5O2. The molecule has 0 N–H and O–H groups in total. The van der Waals surface area contributed by atoms with Gasteiger partial charge in [-0.05, 0) is 44.4 Å². The summed E-state index contributed by atoms with van der Waals surface area (Å²) in [6.45, 7) is 1.03. The number of benzene rings is 1. The standard InChI is InChI=1S/C18H16FN5O2/c1-23(2)8-9-26-22-15-13-10-11(19)5-6-14(13)24-17(15)21-16-12(18(24)25)4-3-7-20-16/h3-7,10H,8-9H2,1-2H3. The number of nitrogens with zero attached hydrogens (tertiary/aromatic N) is 5. The number of halogens is 1. The molecule has 0 aliphatic carbocycles. The van der Waals surface area contributed by atoms with E-state index in [0.717, 1.165) is 0 Å². The van der Waals surface area contributed by atoms with Crippen LogP contribution in [-0.4, -0.2) is 52.4 Å². The zero-order valence-corrected chi connectivity index (χ0v) is 14.3. The Bertz CT molecular complexity index is 1090. The Morgan fingerprint density at radius 1 is 1.31 bits per heavy atom. The lowest BCUT2D eigenvalue weighted by atomic mass is 10.1. The second kappa shape index (κ2) is 6.30. The fourth-order valence-corrected chi connectivity index (χ4v) is 2.84. The number of fused-ring (bicyclic) bond motifs is 4. The Morgan fingerprint density at radius 2 is 2.15 bits per heavy atom. The lowest BCUT2D eigenvalue weighted by Gasteiger charge is -2.08. The number of oxime groups is 1. The van der Waals surface area contributed by atoms with Crippen molar-refractivity contribution in [3.63, 3.8) is 0 Å². The van der Waals surface area contributed by atoms with Gasteiger partial charge < -0.3 is 9.74 Å². The van der Waals surface area contributed by atoms with Crippen LogP contribution < -0.4 is 5.56 Å². The molecule has 2 aromatic heterocycles. The third-order valence-corrected chi connectivity index (χ3v) is 4.10. The number of rotatable bonds is 4. The van der Waals surface area contributed by atoms with Crippen molar-refractivity contribution in [1.82, 2.24) is 19.4 Å². The minimum Gasteiger partial charge on any atom is -0.394 e. The van der Waals surface area contributed by atoms with Crippen molar-refractivity contribution in [3.05, 3.63) is 64.1 Å². The molecular weight excluding hydrogens is 337 g/mol. The predicted octanol–water partition coefficient (Wildman–Crippen LogP) is 1.56. The molecule has 132 valence electrons. The van der Waals surface area contributed by atoms with E-state index < -0.39 is 5.82 Å². The van der Waals surface area contributed by atoms with Gasteiger partial charge in [-0.3, -0.25) is 9.36 Å². The highest BCUT2D eigenvalue weighted by Crippen LogP contribution is 2.27. The van der Waals surface area contributed by atoms with Gasteiger partial charge in [0.1, 0.15) is 12.4 Å². The first kappa shape index (κ1) is 16.3. The average Bonchev–Trinajstić information content (AvgIpc) is 2.92. The van der Waals surface area contributed by atoms with Gasteiger partial charge >= 0.3 is 0 Å². The first-order valence-corrected chi connectivity index (χ1v) is 8.09. The summed E-state index contributed by atoms with van der Waals surface area (Å²) in [6, 6.07) is 7.52. The Balaban J connectivity index is 1.90. The normalized spacial score (nSPS) is 14.1. The number of aromatic nitrogens is 3. The van der Waals surface area contributed by atoms with Crippen LogP contribution in [0, 0.1) is 5.82 Å². The SMILES string of the molecule is CN(C)CCON=C1c2cc(F)ccc2-n2c1nc1ncccc1c2=O. The van der Waals surface area contributed by atoms with E-state index in [9.17, 15) is 9.18 Å². The number of hydrogen-bond donors (Lipinski definition) is 0. The van der Waals surface area contributed by atoms with Crippen LogP contribution in [0.5, 0.6) is 0 Å². The monoisotopic (exact) mass is 353 g/mol. The van der Waals surface area contributed by atoms with Crippen LogP contribution in [0.15, 0.2) is 46.5 Å². The quantitative estimate of drug-likeness (QED) is 0.411. The Hall–Kier alpha value is -3.13. The zero-order chi connectivity index (χ0) is 18.3. The summed E-state index contributed by atoms with van der Waals surface area (Å²) in [6.07, 6.45) is 1.57. The van der Waals surface area contributed by atoms with E-state index in [1.54, 1.807) is 24.4 Å². The third kappa shape index (κ3) is 2.64. The molecule has 7 nitrogen and oxygen atoms in total. The highest BCUT2D eigenvalue weighted by molar-refractivity contribution is 6.16. The molecule has 4 rings (SSSR count). The molecule has 0 saturated carbocycles. The zero-order valence-electron chi connectivity index (χ0n) is 14.3. The van der Waals surface area contributed by atoms with E-state index in [1.165, 1.54) is 16.7 Å². The van der Waals surface area contributed by atoms with Crippen molar-refractivity contribution in [3.8, 4) is 5.69 Å². The maximum Gasteiger partial charge on any atom is 0.267 e. The van der Waals surface area contributed by atoms with E-state index >= 15 is 0 Å². The molecule has 0 bridgehead atoms. The second-order valence-corrected chi connectivity index (χ2v) is 6.19. The highest BCUT2D eigenvalue weighted by atomic mass is 19.1. The van der Waals surface area contributed by atoms with Crippen LogP contribution in [0.25, 0.3) is 16.7 Å².